The van der Waals surface area contributed by atoms with Crippen molar-refractivity contribution in [2.24, 2.45) is 0 Å². The molecule has 0 heterocycles. The molecule has 4 N–H and O–H groups in total. The molecule has 0 amide bonds. The van der Waals surface area contributed by atoms with Gasteiger partial charge in [-0.1, -0.05) is 37.4 Å². The number of nitrogens with two attached hydrogens (primary N) is 2. The summed E-state index contributed by atoms with van der Waals surface area (Å²) in [6, 6.07) is 0.881. The van der Waals surface area contributed by atoms with Gasteiger partial charge in [0.05, 0.1) is 22.5 Å². The molecule has 0 aliphatic carbocycles. The van der Waals surface area contributed by atoms with E-state index in [1.165, 1.54) is 0 Å². The second-order valence-electron chi connectivity index (χ2n) is 9.86. The summed E-state index contributed by atoms with van der Waals surface area (Å²) in [7, 11) is 0. The first-order chi connectivity index (χ1) is 22.6. The Morgan fingerprint density at radius 2 is 0.776 bits per heavy atom. The van der Waals surface area contributed by atoms with E-state index >= 15 is 0 Å². The third-order valence-electron chi connectivity index (χ3n) is 7.08. The number of halogens is 14. The maximum Gasteiger partial charge on any atom is 0.411 e. The highest BCUT2D eigenvalue weighted by atomic mass is 19.4. The molecular weight excluding hydrogens is 698 g/mol. The Morgan fingerprint density at radius 1 is 0.490 bits per heavy atom. The van der Waals surface area contributed by atoms with Crippen LogP contribution in [0.4, 0.5) is 72.8 Å². The highest BCUT2D eigenvalue weighted by Gasteiger charge is 2.72. The SMILES string of the molecule is C=Cc1c(F)c(F)c(Oc2ccc(C(c3ccc(Oc4c(F)c(F)c(C=C)c(F)c4F)c(N)c3)(C(F)(F)F)C(F)(F)F)cc2N)c(F)c1F. The Bertz CT molecular complexity index is 1800. The Balaban J connectivity index is 1.87. The predicted octanol–water partition coefficient (Wildman–Crippen LogP) is 10.2. The molecule has 260 valence electrons. The lowest BCUT2D eigenvalue weighted by molar-refractivity contribution is -0.288. The molecule has 18 heteroatoms. The Hall–Kier alpha value is -5.42. The molecule has 0 spiro atoms. The zero-order chi connectivity index (χ0) is 37.0. The first-order valence-corrected chi connectivity index (χ1v) is 12.9. The summed E-state index contributed by atoms with van der Waals surface area (Å²) >= 11 is 0. The molecule has 0 unspecified atom stereocenters. The van der Waals surface area contributed by atoms with Gasteiger partial charge in [-0.15, -0.1) is 0 Å². The number of rotatable bonds is 8. The summed E-state index contributed by atoms with van der Waals surface area (Å²) in [5.41, 5.74) is -2.05. The minimum Gasteiger partial charge on any atom is -0.449 e. The molecule has 0 saturated heterocycles. The van der Waals surface area contributed by atoms with Crippen molar-refractivity contribution in [1.29, 1.82) is 0 Å². The van der Waals surface area contributed by atoms with Crippen LogP contribution in [0.2, 0.25) is 0 Å². The van der Waals surface area contributed by atoms with Crippen molar-refractivity contribution in [3.8, 4) is 23.0 Å². The molecule has 0 atom stereocenters. The normalized spacial score (nSPS) is 12.2. The van der Waals surface area contributed by atoms with Gasteiger partial charge in [0, 0.05) is 0 Å². The fourth-order valence-corrected chi connectivity index (χ4v) is 4.75. The minimum absolute atomic E-state index is 0.0367. The Morgan fingerprint density at radius 3 is 1.00 bits per heavy atom. The average molecular weight is 714 g/mol. The zero-order valence-corrected chi connectivity index (χ0v) is 23.8. The van der Waals surface area contributed by atoms with Gasteiger partial charge in [0.15, 0.2) is 34.8 Å². The molecule has 0 fully saturated rings. The van der Waals surface area contributed by atoms with Gasteiger partial charge in [-0.05, 0) is 35.4 Å². The molecule has 4 rings (SSSR count). The molecular formula is C31H16F14N2O2. The number of hydrogen-bond donors (Lipinski definition) is 2. The third kappa shape index (κ3) is 5.73. The van der Waals surface area contributed by atoms with Gasteiger partial charge < -0.3 is 20.9 Å². The lowest BCUT2D eigenvalue weighted by Crippen LogP contribution is -2.54. The number of anilines is 2. The first-order valence-electron chi connectivity index (χ1n) is 12.9. The van der Waals surface area contributed by atoms with Crippen LogP contribution in [0.1, 0.15) is 22.3 Å². The highest BCUT2D eigenvalue weighted by molar-refractivity contribution is 5.63. The third-order valence-corrected chi connectivity index (χ3v) is 7.08. The van der Waals surface area contributed by atoms with E-state index in [1.807, 2.05) is 0 Å². The lowest BCUT2D eigenvalue weighted by atomic mass is 9.72. The molecule has 49 heavy (non-hydrogen) atoms. The van der Waals surface area contributed by atoms with Crippen LogP contribution in [-0.4, -0.2) is 12.4 Å². The lowest BCUT2D eigenvalue weighted by Gasteiger charge is -2.38. The van der Waals surface area contributed by atoms with Crippen molar-refractivity contribution in [1.82, 2.24) is 0 Å². The summed E-state index contributed by atoms with van der Waals surface area (Å²) in [5.74, 6) is -22.2. The van der Waals surface area contributed by atoms with Crippen LogP contribution in [0, 0.1) is 46.5 Å². The largest absolute Gasteiger partial charge is 0.449 e. The van der Waals surface area contributed by atoms with Crippen molar-refractivity contribution >= 4 is 23.5 Å². The molecule has 0 bridgehead atoms. The summed E-state index contributed by atoms with van der Waals surface area (Å²) in [6.07, 6.45) is -11.8. The minimum atomic E-state index is -6.30. The van der Waals surface area contributed by atoms with E-state index in [0.717, 1.165) is 0 Å². The number of nitrogen functional groups attached to an aromatic ring is 2. The van der Waals surface area contributed by atoms with Crippen molar-refractivity contribution in [3.63, 3.8) is 0 Å². The van der Waals surface area contributed by atoms with Gasteiger partial charge in [-0.2, -0.15) is 43.9 Å². The molecule has 0 saturated carbocycles. The number of alkyl halides is 6. The summed E-state index contributed by atoms with van der Waals surface area (Å²) in [4.78, 5) is 0. The van der Waals surface area contributed by atoms with Gasteiger partial charge in [0.25, 0.3) is 0 Å². The van der Waals surface area contributed by atoms with E-state index in [2.05, 4.69) is 13.2 Å². The fourth-order valence-electron chi connectivity index (χ4n) is 4.75. The van der Waals surface area contributed by atoms with Crippen molar-refractivity contribution in [3.05, 3.63) is 118 Å². The van der Waals surface area contributed by atoms with Crippen LogP contribution in [-0.2, 0) is 5.41 Å². The van der Waals surface area contributed by atoms with E-state index < -0.39 is 121 Å². The van der Waals surface area contributed by atoms with Crippen LogP contribution in [0.5, 0.6) is 23.0 Å². The topological polar surface area (TPSA) is 70.5 Å². The van der Waals surface area contributed by atoms with E-state index in [1.54, 1.807) is 0 Å². The van der Waals surface area contributed by atoms with E-state index in [4.69, 9.17) is 20.9 Å². The predicted molar refractivity (Wildman–Crippen MR) is 147 cm³/mol. The molecule has 4 aromatic carbocycles. The summed E-state index contributed by atoms with van der Waals surface area (Å²) in [5, 5.41) is 0. The van der Waals surface area contributed by atoms with Crippen LogP contribution in [0.3, 0.4) is 0 Å². The second kappa shape index (κ2) is 12.6. The standard InChI is InChI=1S/C31H16F14N2O2/c1-3-13-19(32)23(36)27(24(37)20(13)33)48-17-7-5-11(9-15(17)46)29(30(40,41)42,31(43,44)45)12-6-8-18(16(47)10-12)49-28-25(38)21(34)14(4-2)22(35)26(28)39/h3-10H,1-2,46-47H2. The second-order valence-corrected chi connectivity index (χ2v) is 9.86. The van der Waals surface area contributed by atoms with Crippen LogP contribution < -0.4 is 20.9 Å². The van der Waals surface area contributed by atoms with Crippen molar-refractivity contribution < 1.29 is 70.9 Å². The fraction of sp³-hybridized carbons (Fsp3) is 0.0968. The molecule has 0 aliphatic heterocycles. The van der Waals surface area contributed by atoms with Gasteiger partial charge >= 0.3 is 12.4 Å². The number of ether oxygens (including phenoxy) is 2. The maximum absolute atomic E-state index is 14.7. The van der Waals surface area contributed by atoms with Crippen molar-refractivity contribution in [2.45, 2.75) is 17.8 Å². The smallest absolute Gasteiger partial charge is 0.411 e. The van der Waals surface area contributed by atoms with Gasteiger partial charge in [0.1, 0.15) is 0 Å². The zero-order valence-electron chi connectivity index (χ0n) is 23.8. The Kier molecular flexibility index (Phi) is 9.33. The molecule has 4 aromatic rings. The van der Waals surface area contributed by atoms with Crippen LogP contribution in [0.15, 0.2) is 49.6 Å². The van der Waals surface area contributed by atoms with Crippen molar-refractivity contribution in [2.75, 3.05) is 11.5 Å². The average Bonchev–Trinajstić information content (AvgIpc) is 3.01. The molecule has 0 aliphatic rings. The maximum atomic E-state index is 14.7. The number of hydrogen-bond acceptors (Lipinski definition) is 4. The van der Waals surface area contributed by atoms with E-state index in [9.17, 15) is 61.5 Å². The van der Waals surface area contributed by atoms with Gasteiger partial charge in [0.2, 0.25) is 40.2 Å². The van der Waals surface area contributed by atoms with E-state index in [0.29, 0.717) is 12.2 Å². The van der Waals surface area contributed by atoms with Gasteiger partial charge in [-0.3, -0.25) is 0 Å². The monoisotopic (exact) mass is 714 g/mol. The Labute approximate surface area is 265 Å². The molecule has 4 nitrogen and oxygen atoms in total. The van der Waals surface area contributed by atoms with Gasteiger partial charge in [-0.25, -0.2) is 17.6 Å². The van der Waals surface area contributed by atoms with Crippen LogP contribution in [0.25, 0.3) is 12.2 Å². The van der Waals surface area contributed by atoms with Crippen LogP contribution >= 0.6 is 0 Å². The highest BCUT2D eigenvalue weighted by Crippen LogP contribution is 2.57. The summed E-state index contributed by atoms with van der Waals surface area (Å²) < 4.78 is 212. The first kappa shape index (κ1) is 36.4. The molecule has 0 radical (unpaired) electrons. The quantitative estimate of drug-likeness (QED) is 0.108. The summed E-state index contributed by atoms with van der Waals surface area (Å²) in [6.45, 7) is 5.95. The van der Waals surface area contributed by atoms with E-state index in [-0.39, 0.29) is 36.4 Å². The number of benzene rings is 4. The molecule has 0 aromatic heterocycles.